The van der Waals surface area contributed by atoms with Gasteiger partial charge in [0.05, 0.1) is 0 Å². The van der Waals surface area contributed by atoms with Crippen molar-refractivity contribution in [2.75, 3.05) is 0 Å². The first kappa shape index (κ1) is 8.59. The molecule has 0 saturated carbocycles. The van der Waals surface area contributed by atoms with Crippen LogP contribution in [0.25, 0.3) is 5.82 Å². The van der Waals surface area contributed by atoms with E-state index in [0.717, 1.165) is 18.7 Å². The van der Waals surface area contributed by atoms with E-state index in [2.05, 4.69) is 15.0 Å². The summed E-state index contributed by atoms with van der Waals surface area (Å²) in [5, 5.41) is 0. The Labute approximate surface area is 88.0 Å². The van der Waals surface area contributed by atoms with Crippen molar-refractivity contribution in [3.8, 4) is 5.82 Å². The Morgan fingerprint density at radius 1 is 1.13 bits per heavy atom. The molecule has 0 unspecified atom stereocenters. The molecule has 0 aromatic carbocycles. The van der Waals surface area contributed by atoms with E-state index in [9.17, 15) is 0 Å². The second kappa shape index (κ2) is 3.46. The molecule has 3 rings (SSSR count). The van der Waals surface area contributed by atoms with Gasteiger partial charge >= 0.3 is 0 Å². The summed E-state index contributed by atoms with van der Waals surface area (Å²) in [5.74, 6) is 0.997. The van der Waals surface area contributed by atoms with Gasteiger partial charge < -0.3 is 0 Å². The Morgan fingerprint density at radius 3 is 2.93 bits per heavy atom. The number of nitrogens with zero attached hydrogens (tertiary/aromatic N) is 4. The smallest absolute Gasteiger partial charge is 0.144 e. The number of hydrogen-bond acceptors (Lipinski definition) is 3. The van der Waals surface area contributed by atoms with Crippen molar-refractivity contribution in [1.29, 1.82) is 0 Å². The van der Waals surface area contributed by atoms with Crippen LogP contribution in [-0.4, -0.2) is 19.5 Å². The van der Waals surface area contributed by atoms with Crippen LogP contribution in [0.4, 0.5) is 0 Å². The first-order valence-electron chi connectivity index (χ1n) is 5.26. The molecule has 1 aliphatic carbocycles. The topological polar surface area (TPSA) is 43.6 Å². The number of hydrogen-bond donors (Lipinski definition) is 0. The van der Waals surface area contributed by atoms with Gasteiger partial charge in [0, 0.05) is 23.7 Å². The zero-order valence-electron chi connectivity index (χ0n) is 8.43. The molecular weight excluding hydrogens is 188 g/mol. The highest BCUT2D eigenvalue weighted by molar-refractivity contribution is 5.37. The van der Waals surface area contributed by atoms with Gasteiger partial charge in [-0.1, -0.05) is 0 Å². The summed E-state index contributed by atoms with van der Waals surface area (Å²) in [6.45, 7) is 0. The minimum Gasteiger partial charge on any atom is -0.290 e. The van der Waals surface area contributed by atoms with Gasteiger partial charge in [-0.3, -0.25) is 4.57 Å². The largest absolute Gasteiger partial charge is 0.290 e. The van der Waals surface area contributed by atoms with Gasteiger partial charge in [-0.25, -0.2) is 15.0 Å². The predicted octanol–water partition coefficient (Wildman–Crippen LogP) is 1.54. The molecular formula is C11H12N4. The van der Waals surface area contributed by atoms with Crippen LogP contribution < -0.4 is 0 Å². The molecule has 0 aliphatic heterocycles. The van der Waals surface area contributed by atoms with Crippen LogP contribution in [0.5, 0.6) is 0 Å². The molecule has 76 valence electrons. The summed E-state index contributed by atoms with van der Waals surface area (Å²) in [6.07, 6.45) is 11.8. The van der Waals surface area contributed by atoms with Crippen LogP contribution in [0.15, 0.2) is 25.0 Å². The maximum Gasteiger partial charge on any atom is 0.144 e. The summed E-state index contributed by atoms with van der Waals surface area (Å²) in [4.78, 5) is 12.7. The van der Waals surface area contributed by atoms with Crippen molar-refractivity contribution in [3.63, 3.8) is 0 Å². The molecule has 4 heteroatoms. The monoisotopic (exact) mass is 200 g/mol. The van der Waals surface area contributed by atoms with Gasteiger partial charge in [0.15, 0.2) is 0 Å². The minimum atomic E-state index is 0.997. The lowest BCUT2D eigenvalue weighted by Gasteiger charge is -2.17. The molecule has 0 spiro atoms. The van der Waals surface area contributed by atoms with Crippen molar-refractivity contribution < 1.29 is 0 Å². The highest BCUT2D eigenvalue weighted by atomic mass is 15.1. The number of imidazole rings is 1. The van der Waals surface area contributed by atoms with Crippen LogP contribution in [0, 0.1) is 0 Å². The Hall–Kier alpha value is -1.71. The highest BCUT2D eigenvalue weighted by Gasteiger charge is 2.15. The van der Waals surface area contributed by atoms with E-state index in [1.54, 1.807) is 18.9 Å². The van der Waals surface area contributed by atoms with Crippen LogP contribution in [-0.2, 0) is 12.8 Å². The van der Waals surface area contributed by atoms with E-state index in [-0.39, 0.29) is 0 Å². The molecule has 2 aromatic heterocycles. The van der Waals surface area contributed by atoms with E-state index in [1.165, 1.54) is 24.1 Å². The number of fused-ring (bicyclic) bond motifs is 1. The molecule has 2 aromatic rings. The highest BCUT2D eigenvalue weighted by Crippen LogP contribution is 2.23. The fourth-order valence-electron chi connectivity index (χ4n) is 2.11. The molecule has 0 radical (unpaired) electrons. The minimum absolute atomic E-state index is 0.997. The number of aryl methyl sites for hydroxylation is 1. The summed E-state index contributed by atoms with van der Waals surface area (Å²) in [5.41, 5.74) is 2.50. The van der Waals surface area contributed by atoms with Crippen LogP contribution in [0.3, 0.4) is 0 Å². The maximum absolute atomic E-state index is 4.35. The van der Waals surface area contributed by atoms with Gasteiger partial charge in [-0.05, 0) is 25.7 Å². The lowest BCUT2D eigenvalue weighted by Crippen LogP contribution is -2.11. The van der Waals surface area contributed by atoms with E-state index in [1.807, 2.05) is 10.8 Å². The second-order valence-electron chi connectivity index (χ2n) is 3.80. The average Bonchev–Trinajstić information content (AvgIpc) is 2.82. The zero-order valence-corrected chi connectivity index (χ0v) is 8.43. The van der Waals surface area contributed by atoms with E-state index in [4.69, 9.17) is 0 Å². The summed E-state index contributed by atoms with van der Waals surface area (Å²) >= 11 is 0. The zero-order chi connectivity index (χ0) is 10.1. The Morgan fingerprint density at radius 2 is 2.07 bits per heavy atom. The van der Waals surface area contributed by atoms with Gasteiger partial charge in [0.25, 0.3) is 0 Å². The van der Waals surface area contributed by atoms with E-state index < -0.39 is 0 Å². The second-order valence-corrected chi connectivity index (χ2v) is 3.80. The third kappa shape index (κ3) is 1.42. The third-order valence-corrected chi connectivity index (χ3v) is 2.85. The standard InChI is InChI=1S/C11H12N4/c1-2-4-10-9(3-1)11(14-7-13-10)15-6-5-12-8-15/h5-8H,1-4H2. The van der Waals surface area contributed by atoms with Crippen molar-refractivity contribution in [2.45, 2.75) is 25.7 Å². The predicted molar refractivity (Wildman–Crippen MR) is 55.8 cm³/mol. The third-order valence-electron chi connectivity index (χ3n) is 2.85. The summed E-state index contributed by atoms with van der Waals surface area (Å²) in [7, 11) is 0. The van der Waals surface area contributed by atoms with Crippen molar-refractivity contribution in [2.24, 2.45) is 0 Å². The molecule has 0 fully saturated rings. The van der Waals surface area contributed by atoms with Crippen molar-refractivity contribution in [3.05, 3.63) is 36.3 Å². The first-order valence-corrected chi connectivity index (χ1v) is 5.26. The SMILES string of the molecule is c1cn(-c2ncnc3c2CCCC3)cn1. The Bertz CT molecular complexity index is 461. The van der Waals surface area contributed by atoms with Crippen molar-refractivity contribution in [1.82, 2.24) is 19.5 Å². The van der Waals surface area contributed by atoms with Crippen molar-refractivity contribution >= 4 is 0 Å². The molecule has 0 N–H and O–H groups in total. The van der Waals surface area contributed by atoms with Crippen LogP contribution in [0.2, 0.25) is 0 Å². The van der Waals surface area contributed by atoms with Gasteiger partial charge in [-0.2, -0.15) is 0 Å². The van der Waals surface area contributed by atoms with E-state index >= 15 is 0 Å². The van der Waals surface area contributed by atoms with Crippen LogP contribution in [0.1, 0.15) is 24.1 Å². The Balaban J connectivity index is 2.15. The Kier molecular flexibility index (Phi) is 1.98. The molecule has 0 bridgehead atoms. The fraction of sp³-hybridized carbons (Fsp3) is 0.364. The summed E-state index contributed by atoms with van der Waals surface area (Å²) < 4.78 is 1.96. The van der Waals surface area contributed by atoms with Crippen LogP contribution >= 0.6 is 0 Å². The first-order chi connectivity index (χ1) is 7.45. The molecule has 0 saturated heterocycles. The molecule has 15 heavy (non-hydrogen) atoms. The molecule has 2 heterocycles. The van der Waals surface area contributed by atoms with Gasteiger partial charge in [-0.15, -0.1) is 0 Å². The molecule has 1 aliphatic rings. The number of aromatic nitrogens is 4. The normalized spacial score (nSPS) is 14.9. The fourth-order valence-corrected chi connectivity index (χ4v) is 2.11. The molecule has 0 atom stereocenters. The van der Waals surface area contributed by atoms with Gasteiger partial charge in [0.2, 0.25) is 0 Å². The lowest BCUT2D eigenvalue weighted by atomic mass is 9.96. The lowest BCUT2D eigenvalue weighted by molar-refractivity contribution is 0.655. The van der Waals surface area contributed by atoms with Gasteiger partial charge in [0.1, 0.15) is 18.5 Å². The quantitative estimate of drug-likeness (QED) is 0.701. The average molecular weight is 200 g/mol. The molecule has 4 nitrogen and oxygen atoms in total. The summed E-state index contributed by atoms with van der Waals surface area (Å²) in [6, 6.07) is 0. The molecule has 0 amide bonds. The maximum atomic E-state index is 4.35. The number of rotatable bonds is 1. The van der Waals surface area contributed by atoms with E-state index in [0.29, 0.717) is 0 Å².